The van der Waals surface area contributed by atoms with Gasteiger partial charge in [-0.1, -0.05) is 6.07 Å². The fourth-order valence-electron chi connectivity index (χ4n) is 1.20. The highest BCUT2D eigenvalue weighted by atomic mass is 15.5. The maximum absolute atomic E-state index is 8.94. The van der Waals surface area contributed by atoms with Crippen LogP contribution in [0.4, 0.5) is 5.82 Å². The number of nitriles is 1. The molecule has 2 aromatic rings. The number of nitrogens with zero attached hydrogens (tertiary/aromatic N) is 5. The lowest BCUT2D eigenvalue weighted by atomic mass is 10.3. The molecule has 84 valence electrons. The van der Waals surface area contributed by atoms with E-state index in [0.717, 1.165) is 5.56 Å². The van der Waals surface area contributed by atoms with Gasteiger partial charge < -0.3 is 5.32 Å². The number of tetrazole rings is 1. The van der Waals surface area contributed by atoms with Gasteiger partial charge in [0, 0.05) is 12.4 Å². The molecule has 0 bridgehead atoms. The van der Waals surface area contributed by atoms with Crippen LogP contribution in [0.5, 0.6) is 0 Å². The zero-order valence-electron chi connectivity index (χ0n) is 9.05. The Labute approximate surface area is 97.2 Å². The fourth-order valence-corrected chi connectivity index (χ4v) is 1.20. The molecule has 2 aromatic heterocycles. The van der Waals surface area contributed by atoms with Crippen LogP contribution in [0.3, 0.4) is 0 Å². The average molecular weight is 227 g/mol. The van der Waals surface area contributed by atoms with Crippen molar-refractivity contribution in [2.24, 2.45) is 0 Å². The molecule has 0 saturated carbocycles. The monoisotopic (exact) mass is 227 g/mol. The molecule has 0 amide bonds. The lowest BCUT2D eigenvalue weighted by Gasteiger charge is -2.02. The average Bonchev–Trinajstić information content (AvgIpc) is 2.86. The van der Waals surface area contributed by atoms with E-state index in [1.54, 1.807) is 6.20 Å². The summed E-state index contributed by atoms with van der Waals surface area (Å²) < 4.78 is 0. The van der Waals surface area contributed by atoms with E-state index in [0.29, 0.717) is 5.82 Å². The first-order valence-corrected chi connectivity index (χ1v) is 4.83. The van der Waals surface area contributed by atoms with E-state index < -0.39 is 0 Å². The Kier molecular flexibility index (Phi) is 3.07. The number of aryl methyl sites for hydroxylation is 1. The second-order valence-corrected chi connectivity index (χ2v) is 3.22. The minimum atomic E-state index is 0.244. The van der Waals surface area contributed by atoms with Crippen LogP contribution < -0.4 is 5.32 Å². The van der Waals surface area contributed by atoms with E-state index in [1.807, 2.05) is 25.1 Å². The van der Waals surface area contributed by atoms with E-state index in [4.69, 9.17) is 5.26 Å². The standard InChI is InChI=1S/C10H9N7/c1-7-3-2-4-12-9(7)13-6-8(5-11)10-14-16-17-15-10/h2-4,6H,1H3,(H,12,13)(H,14,15,16,17). The van der Waals surface area contributed by atoms with Crippen molar-refractivity contribution in [2.45, 2.75) is 6.92 Å². The summed E-state index contributed by atoms with van der Waals surface area (Å²) in [6.07, 6.45) is 3.17. The van der Waals surface area contributed by atoms with Crippen LogP contribution >= 0.6 is 0 Å². The maximum atomic E-state index is 8.94. The van der Waals surface area contributed by atoms with Crippen molar-refractivity contribution in [1.29, 1.82) is 5.26 Å². The quantitative estimate of drug-likeness (QED) is 0.754. The van der Waals surface area contributed by atoms with Gasteiger partial charge in [-0.3, -0.25) is 0 Å². The number of pyridine rings is 1. The molecule has 0 fully saturated rings. The number of allylic oxidation sites excluding steroid dienone is 1. The number of rotatable bonds is 3. The lowest BCUT2D eigenvalue weighted by molar-refractivity contribution is 0.881. The Morgan fingerprint density at radius 2 is 2.47 bits per heavy atom. The Morgan fingerprint density at radius 1 is 1.59 bits per heavy atom. The highest BCUT2D eigenvalue weighted by molar-refractivity contribution is 5.73. The minimum Gasteiger partial charge on any atom is -0.345 e. The van der Waals surface area contributed by atoms with Crippen LogP contribution in [0.1, 0.15) is 11.4 Å². The molecule has 0 aromatic carbocycles. The third-order valence-corrected chi connectivity index (χ3v) is 2.07. The third-order valence-electron chi connectivity index (χ3n) is 2.07. The summed E-state index contributed by atoms with van der Waals surface area (Å²) in [4.78, 5) is 4.14. The topological polar surface area (TPSA) is 103 Å². The van der Waals surface area contributed by atoms with E-state index >= 15 is 0 Å². The molecular weight excluding hydrogens is 218 g/mol. The molecule has 0 spiro atoms. The first-order chi connectivity index (χ1) is 8.31. The minimum absolute atomic E-state index is 0.244. The lowest BCUT2D eigenvalue weighted by Crippen LogP contribution is -1.96. The summed E-state index contributed by atoms with van der Waals surface area (Å²) in [5, 5.41) is 25.0. The zero-order valence-corrected chi connectivity index (χ0v) is 9.05. The van der Waals surface area contributed by atoms with Crippen molar-refractivity contribution in [2.75, 3.05) is 5.32 Å². The maximum Gasteiger partial charge on any atom is 0.216 e. The molecule has 7 nitrogen and oxygen atoms in total. The summed E-state index contributed by atoms with van der Waals surface area (Å²) in [7, 11) is 0. The van der Waals surface area contributed by atoms with Gasteiger partial charge in [-0.15, -0.1) is 10.2 Å². The molecular formula is C10H9N7. The largest absolute Gasteiger partial charge is 0.345 e. The second-order valence-electron chi connectivity index (χ2n) is 3.22. The van der Waals surface area contributed by atoms with Gasteiger partial charge in [-0.2, -0.15) is 10.5 Å². The van der Waals surface area contributed by atoms with Crippen LogP contribution in [0.15, 0.2) is 24.5 Å². The van der Waals surface area contributed by atoms with E-state index in [-0.39, 0.29) is 11.4 Å². The first-order valence-electron chi connectivity index (χ1n) is 4.83. The van der Waals surface area contributed by atoms with Crippen molar-refractivity contribution < 1.29 is 0 Å². The van der Waals surface area contributed by atoms with Crippen molar-refractivity contribution in [3.05, 3.63) is 35.9 Å². The number of aromatic amines is 1. The molecule has 2 rings (SSSR count). The van der Waals surface area contributed by atoms with E-state index in [9.17, 15) is 0 Å². The number of H-pyrrole nitrogens is 1. The van der Waals surface area contributed by atoms with Gasteiger partial charge in [0.05, 0.1) is 0 Å². The highest BCUT2D eigenvalue weighted by Crippen LogP contribution is 2.11. The fraction of sp³-hybridized carbons (Fsp3) is 0.100. The second kappa shape index (κ2) is 4.85. The summed E-state index contributed by atoms with van der Waals surface area (Å²) in [5.41, 5.74) is 1.26. The normalized spacial score (nSPS) is 10.9. The van der Waals surface area contributed by atoms with Crippen LogP contribution in [0.25, 0.3) is 5.57 Å². The summed E-state index contributed by atoms with van der Waals surface area (Å²) >= 11 is 0. The van der Waals surface area contributed by atoms with Gasteiger partial charge >= 0.3 is 0 Å². The Bertz CT molecular complexity index is 565. The van der Waals surface area contributed by atoms with E-state index in [1.165, 1.54) is 6.20 Å². The zero-order chi connectivity index (χ0) is 12.1. The Morgan fingerprint density at radius 3 is 3.12 bits per heavy atom. The molecule has 0 saturated heterocycles. The smallest absolute Gasteiger partial charge is 0.216 e. The van der Waals surface area contributed by atoms with Gasteiger partial charge in [-0.05, 0) is 23.8 Å². The predicted molar refractivity (Wildman–Crippen MR) is 60.4 cm³/mol. The van der Waals surface area contributed by atoms with Crippen LogP contribution in [-0.4, -0.2) is 25.6 Å². The van der Waals surface area contributed by atoms with Gasteiger partial charge in [-0.25, -0.2) is 4.98 Å². The molecule has 0 aliphatic heterocycles. The molecule has 2 heterocycles. The number of aromatic nitrogens is 5. The highest BCUT2D eigenvalue weighted by Gasteiger charge is 2.05. The molecule has 2 N–H and O–H groups in total. The van der Waals surface area contributed by atoms with Gasteiger partial charge in [0.1, 0.15) is 17.5 Å². The number of hydrogen-bond acceptors (Lipinski definition) is 6. The SMILES string of the molecule is Cc1cccnc1NC=C(C#N)c1nn[nH]n1. The molecule has 0 unspecified atom stereocenters. The van der Waals surface area contributed by atoms with Crippen LogP contribution in [-0.2, 0) is 0 Å². The van der Waals surface area contributed by atoms with Crippen molar-refractivity contribution >= 4 is 11.4 Å². The summed E-state index contributed by atoms with van der Waals surface area (Å²) in [6.45, 7) is 1.92. The van der Waals surface area contributed by atoms with Crippen molar-refractivity contribution in [1.82, 2.24) is 25.6 Å². The van der Waals surface area contributed by atoms with Gasteiger partial charge in [0.2, 0.25) is 5.82 Å². The molecule has 17 heavy (non-hydrogen) atoms. The van der Waals surface area contributed by atoms with Crippen molar-refractivity contribution in [3.8, 4) is 6.07 Å². The number of hydrogen-bond donors (Lipinski definition) is 2. The first kappa shape index (κ1) is 10.8. The number of anilines is 1. The van der Waals surface area contributed by atoms with Crippen molar-refractivity contribution in [3.63, 3.8) is 0 Å². The van der Waals surface area contributed by atoms with Crippen LogP contribution in [0, 0.1) is 18.3 Å². The molecule has 7 heteroatoms. The predicted octanol–water partition coefficient (Wildman–Crippen LogP) is 0.880. The Hall–Kier alpha value is -2.75. The van der Waals surface area contributed by atoms with E-state index in [2.05, 4.69) is 30.9 Å². The van der Waals surface area contributed by atoms with Gasteiger partial charge in [0.25, 0.3) is 0 Å². The number of nitrogens with one attached hydrogen (secondary N) is 2. The molecule has 0 atom stereocenters. The van der Waals surface area contributed by atoms with Gasteiger partial charge in [0.15, 0.2) is 0 Å². The summed E-state index contributed by atoms with van der Waals surface area (Å²) in [6, 6.07) is 5.74. The Balaban J connectivity index is 2.21. The third kappa shape index (κ3) is 2.43. The molecule has 0 radical (unpaired) electrons. The molecule has 0 aliphatic rings. The van der Waals surface area contributed by atoms with Crippen LogP contribution in [0.2, 0.25) is 0 Å². The molecule has 0 aliphatic carbocycles. The summed E-state index contributed by atoms with van der Waals surface area (Å²) in [5.74, 6) is 0.928.